The minimum Gasteiger partial charge on any atom is -0.368 e. The Morgan fingerprint density at radius 1 is 1.43 bits per heavy atom. The van der Waals surface area contributed by atoms with Gasteiger partial charge in [-0.15, -0.1) is 0 Å². The maximum atomic E-state index is 10.7. The summed E-state index contributed by atoms with van der Waals surface area (Å²) in [6, 6.07) is 0. The average Bonchev–Trinajstić information content (AvgIpc) is 2.06. The Hall–Kier alpha value is 0.0283. The quantitative estimate of drug-likeness (QED) is 0.602. The van der Waals surface area contributed by atoms with Crippen LogP contribution < -0.4 is 0 Å². The molecule has 1 amide bonds. The van der Waals surface area contributed by atoms with Crippen molar-refractivity contribution in [2.24, 2.45) is 5.92 Å². The average molecular weight is 367 g/mol. The number of carbonyl (C=O) groups excluding carboxylic acids is 1. The van der Waals surface area contributed by atoms with Crippen LogP contribution in [0.15, 0.2) is 0 Å². The van der Waals surface area contributed by atoms with Gasteiger partial charge in [0.1, 0.15) is 0 Å². The Labute approximate surface area is 103 Å². The minimum atomic E-state index is -0.0214. The standard InChI is InChI=1S/C8H14NO.C3H7.W/c1-7-3-5-9(6-4-7)8(2)10;1-3-2;/h7H,2-6H2,1H3;1,3H2,2H3;/q2*-1;+2. The molecular weight excluding hydrogens is 346 g/mol. The van der Waals surface area contributed by atoms with E-state index in [0.717, 1.165) is 38.3 Å². The molecule has 1 saturated heterocycles. The molecule has 3 heteroatoms. The molecule has 0 spiro atoms. The fourth-order valence-electron chi connectivity index (χ4n) is 1.26. The molecule has 0 saturated carbocycles. The summed E-state index contributed by atoms with van der Waals surface area (Å²) >= 11 is 0. The van der Waals surface area contributed by atoms with Crippen molar-refractivity contribution in [2.75, 3.05) is 13.1 Å². The monoisotopic (exact) mass is 367 g/mol. The Morgan fingerprint density at radius 3 is 2.07 bits per heavy atom. The SMILES string of the molecule is [CH2-]C(=O)N1CCC(C)CC1.[CH2-]CC.[W+2]. The first-order chi connectivity index (χ1) is 6.11. The second-order valence-corrected chi connectivity index (χ2v) is 3.56. The first-order valence-electron chi connectivity index (χ1n) is 5.01. The Kier molecular flexibility index (Phi) is 11.3. The molecule has 0 unspecified atom stereocenters. The second kappa shape index (κ2) is 9.58. The third-order valence-electron chi connectivity index (χ3n) is 2.14. The molecule has 0 atom stereocenters. The summed E-state index contributed by atoms with van der Waals surface area (Å²) in [5.41, 5.74) is 0. The van der Waals surface area contributed by atoms with E-state index in [4.69, 9.17) is 0 Å². The van der Waals surface area contributed by atoms with Gasteiger partial charge in [0.05, 0.1) is 5.91 Å². The zero-order valence-electron chi connectivity index (χ0n) is 9.29. The molecule has 0 aromatic heterocycles. The van der Waals surface area contributed by atoms with Gasteiger partial charge in [-0.25, -0.2) is 0 Å². The van der Waals surface area contributed by atoms with Crippen molar-refractivity contribution in [1.29, 1.82) is 0 Å². The maximum absolute atomic E-state index is 10.7. The second-order valence-electron chi connectivity index (χ2n) is 3.56. The fourth-order valence-corrected chi connectivity index (χ4v) is 1.26. The first-order valence-corrected chi connectivity index (χ1v) is 5.01. The predicted molar refractivity (Wildman–Crippen MR) is 56.0 cm³/mol. The van der Waals surface area contributed by atoms with E-state index in [0.29, 0.717) is 0 Å². The van der Waals surface area contributed by atoms with E-state index < -0.39 is 0 Å². The number of rotatable bonds is 0. The van der Waals surface area contributed by atoms with Crippen LogP contribution in [0.1, 0.15) is 33.1 Å². The molecule has 0 aromatic carbocycles. The molecule has 0 aromatic rings. The summed E-state index contributed by atoms with van der Waals surface area (Å²) in [4.78, 5) is 12.5. The molecule has 1 heterocycles. The number of amides is 1. The van der Waals surface area contributed by atoms with E-state index in [1.54, 1.807) is 0 Å². The van der Waals surface area contributed by atoms with Crippen LogP contribution >= 0.6 is 0 Å². The van der Waals surface area contributed by atoms with Gasteiger partial charge in [-0.05, 0) is 18.8 Å². The molecule has 0 radical (unpaired) electrons. The van der Waals surface area contributed by atoms with Gasteiger partial charge in [-0.2, -0.15) is 6.42 Å². The number of likely N-dealkylation sites (tertiary alicyclic amines) is 1. The summed E-state index contributed by atoms with van der Waals surface area (Å²) in [5, 5.41) is 0. The van der Waals surface area contributed by atoms with Crippen molar-refractivity contribution < 1.29 is 25.9 Å². The number of nitrogens with zero attached hydrogens (tertiary/aromatic N) is 1. The van der Waals surface area contributed by atoms with Crippen molar-refractivity contribution >= 4 is 5.91 Å². The summed E-state index contributed by atoms with van der Waals surface area (Å²) in [6.45, 7) is 12.9. The Bertz CT molecular complexity index is 142. The van der Waals surface area contributed by atoms with Gasteiger partial charge in [-0.1, -0.05) is 13.8 Å². The topological polar surface area (TPSA) is 20.3 Å². The van der Waals surface area contributed by atoms with Gasteiger partial charge in [0.25, 0.3) is 0 Å². The third kappa shape index (κ3) is 7.43. The fraction of sp³-hybridized carbons (Fsp3) is 0.727. The normalized spacial score (nSPS) is 16.4. The van der Waals surface area contributed by atoms with Crippen LogP contribution in [0.3, 0.4) is 0 Å². The number of hydrogen-bond acceptors (Lipinski definition) is 1. The van der Waals surface area contributed by atoms with E-state index in [9.17, 15) is 4.79 Å². The predicted octanol–water partition coefficient (Wildman–Crippen LogP) is 2.31. The van der Waals surface area contributed by atoms with Crippen molar-refractivity contribution in [3.05, 3.63) is 13.8 Å². The smallest absolute Gasteiger partial charge is 0.368 e. The molecule has 0 N–H and O–H groups in total. The zero-order valence-corrected chi connectivity index (χ0v) is 12.2. The summed E-state index contributed by atoms with van der Waals surface area (Å²) in [6.07, 6.45) is 3.28. The first kappa shape index (κ1) is 16.5. The van der Waals surface area contributed by atoms with Crippen LogP contribution in [-0.2, 0) is 25.9 Å². The van der Waals surface area contributed by atoms with Crippen LogP contribution in [0.25, 0.3) is 0 Å². The summed E-state index contributed by atoms with van der Waals surface area (Å²) in [5.74, 6) is 0.766. The number of carbonyl (C=O) groups is 1. The minimum absolute atomic E-state index is 0. The van der Waals surface area contributed by atoms with Gasteiger partial charge in [0.2, 0.25) is 0 Å². The maximum Gasteiger partial charge on any atom is 2.00 e. The van der Waals surface area contributed by atoms with E-state index in [-0.39, 0.29) is 27.0 Å². The number of hydrogen-bond donors (Lipinski definition) is 0. The van der Waals surface area contributed by atoms with Crippen LogP contribution in [0.2, 0.25) is 0 Å². The third-order valence-corrected chi connectivity index (χ3v) is 2.14. The molecule has 1 aliphatic heterocycles. The summed E-state index contributed by atoms with van der Waals surface area (Å²) in [7, 11) is 0. The van der Waals surface area contributed by atoms with Gasteiger partial charge in [0, 0.05) is 13.1 Å². The van der Waals surface area contributed by atoms with E-state index in [1.165, 1.54) is 0 Å². The molecule has 0 bridgehead atoms. The van der Waals surface area contributed by atoms with E-state index in [2.05, 4.69) is 20.8 Å². The largest absolute Gasteiger partial charge is 2.00 e. The molecule has 1 rings (SSSR count). The van der Waals surface area contributed by atoms with Crippen molar-refractivity contribution in [3.63, 3.8) is 0 Å². The molecule has 14 heavy (non-hydrogen) atoms. The molecule has 1 aliphatic rings. The van der Waals surface area contributed by atoms with Crippen LogP contribution in [0, 0.1) is 19.8 Å². The van der Waals surface area contributed by atoms with Gasteiger partial charge in [0.15, 0.2) is 0 Å². The molecule has 1 fully saturated rings. The van der Waals surface area contributed by atoms with Gasteiger partial charge < -0.3 is 23.5 Å². The molecule has 82 valence electrons. The van der Waals surface area contributed by atoms with E-state index in [1.807, 2.05) is 11.8 Å². The van der Waals surface area contributed by atoms with Gasteiger partial charge in [-0.3, -0.25) is 0 Å². The molecule has 0 aliphatic carbocycles. The van der Waals surface area contributed by atoms with Crippen molar-refractivity contribution in [3.8, 4) is 0 Å². The molecule has 2 nitrogen and oxygen atoms in total. The Morgan fingerprint density at radius 2 is 1.79 bits per heavy atom. The van der Waals surface area contributed by atoms with Crippen LogP contribution in [0.5, 0.6) is 0 Å². The number of piperidine rings is 1. The van der Waals surface area contributed by atoms with Crippen molar-refractivity contribution in [1.82, 2.24) is 4.90 Å². The molecular formula is C11H21NOW. The summed E-state index contributed by atoms with van der Waals surface area (Å²) < 4.78 is 0. The zero-order chi connectivity index (χ0) is 10.3. The van der Waals surface area contributed by atoms with Crippen LogP contribution in [-0.4, -0.2) is 23.9 Å². The van der Waals surface area contributed by atoms with Crippen LogP contribution in [0.4, 0.5) is 0 Å². The van der Waals surface area contributed by atoms with Gasteiger partial charge >= 0.3 is 21.1 Å². The van der Waals surface area contributed by atoms with Crippen molar-refractivity contribution in [2.45, 2.75) is 33.1 Å². The Balaban J connectivity index is 0. The van der Waals surface area contributed by atoms with E-state index >= 15 is 0 Å².